The van der Waals surface area contributed by atoms with Crippen molar-refractivity contribution in [2.45, 2.75) is 11.8 Å². The zero-order valence-electron chi connectivity index (χ0n) is 16.1. The number of hydrogen-bond donors (Lipinski definition) is 0. The van der Waals surface area contributed by atoms with E-state index in [1.807, 2.05) is 25.1 Å². The van der Waals surface area contributed by atoms with Gasteiger partial charge in [-0.15, -0.1) is 0 Å². The number of halogens is 1. The van der Waals surface area contributed by atoms with Gasteiger partial charge in [0.1, 0.15) is 11.5 Å². The largest absolute Gasteiger partial charge is 0.494 e. The highest BCUT2D eigenvalue weighted by Crippen LogP contribution is 2.24. The maximum absolute atomic E-state index is 12.8. The van der Waals surface area contributed by atoms with Crippen molar-refractivity contribution in [2.75, 3.05) is 39.4 Å². The number of rotatable bonds is 7. The SMILES string of the molecule is CCOc1ccc(S(=O)(=O)N2CCN(C(=O)COc3ccccc3Br)CC2)cc1. The van der Waals surface area contributed by atoms with Gasteiger partial charge in [0.05, 0.1) is 16.0 Å². The van der Waals surface area contributed by atoms with Crippen molar-refractivity contribution >= 4 is 31.9 Å². The summed E-state index contributed by atoms with van der Waals surface area (Å²) in [5.74, 6) is 1.06. The van der Waals surface area contributed by atoms with Crippen LogP contribution in [0, 0.1) is 0 Å². The average Bonchev–Trinajstić information content (AvgIpc) is 2.74. The summed E-state index contributed by atoms with van der Waals surface area (Å²) in [5, 5.41) is 0. The molecule has 0 radical (unpaired) electrons. The number of sulfonamides is 1. The van der Waals surface area contributed by atoms with Crippen LogP contribution in [0.15, 0.2) is 57.9 Å². The Morgan fingerprint density at radius 3 is 2.28 bits per heavy atom. The number of ether oxygens (including phenoxy) is 2. The lowest BCUT2D eigenvalue weighted by Crippen LogP contribution is -2.51. The molecule has 0 N–H and O–H groups in total. The van der Waals surface area contributed by atoms with E-state index in [0.717, 1.165) is 4.47 Å². The van der Waals surface area contributed by atoms with Gasteiger partial charge in [-0.3, -0.25) is 4.79 Å². The minimum absolute atomic E-state index is 0.0890. The van der Waals surface area contributed by atoms with Gasteiger partial charge in [-0.25, -0.2) is 8.42 Å². The summed E-state index contributed by atoms with van der Waals surface area (Å²) in [7, 11) is -3.60. The molecular weight excluding hydrogens is 460 g/mol. The molecule has 0 aliphatic carbocycles. The van der Waals surface area contributed by atoms with Crippen LogP contribution in [0.4, 0.5) is 0 Å². The fourth-order valence-electron chi connectivity index (χ4n) is 2.99. The summed E-state index contributed by atoms with van der Waals surface area (Å²) >= 11 is 3.38. The quantitative estimate of drug-likeness (QED) is 0.606. The highest BCUT2D eigenvalue weighted by molar-refractivity contribution is 9.10. The minimum atomic E-state index is -3.60. The van der Waals surface area contributed by atoms with Crippen LogP contribution in [0.5, 0.6) is 11.5 Å². The van der Waals surface area contributed by atoms with Gasteiger partial charge in [0.25, 0.3) is 5.91 Å². The molecule has 7 nitrogen and oxygen atoms in total. The molecule has 0 spiro atoms. The van der Waals surface area contributed by atoms with Gasteiger partial charge in [0.15, 0.2) is 6.61 Å². The predicted molar refractivity (Wildman–Crippen MR) is 113 cm³/mol. The Morgan fingerprint density at radius 2 is 1.66 bits per heavy atom. The maximum atomic E-state index is 12.8. The first-order valence-corrected chi connectivity index (χ1v) is 11.5. The Labute approximate surface area is 179 Å². The van der Waals surface area contributed by atoms with Gasteiger partial charge < -0.3 is 14.4 Å². The number of piperazine rings is 1. The number of amides is 1. The van der Waals surface area contributed by atoms with Crippen LogP contribution in [-0.2, 0) is 14.8 Å². The monoisotopic (exact) mass is 482 g/mol. The Morgan fingerprint density at radius 1 is 1.00 bits per heavy atom. The molecule has 0 unspecified atom stereocenters. The second kappa shape index (κ2) is 9.60. The molecule has 1 aliphatic rings. The number of carbonyl (C=O) groups excluding carboxylic acids is 1. The van der Waals surface area contributed by atoms with E-state index in [-0.39, 0.29) is 30.5 Å². The van der Waals surface area contributed by atoms with E-state index in [2.05, 4.69) is 15.9 Å². The highest BCUT2D eigenvalue weighted by atomic mass is 79.9. The molecule has 29 heavy (non-hydrogen) atoms. The zero-order chi connectivity index (χ0) is 20.9. The van der Waals surface area contributed by atoms with Crippen LogP contribution in [0.1, 0.15) is 6.92 Å². The summed E-state index contributed by atoms with van der Waals surface area (Å²) in [6, 6.07) is 13.7. The maximum Gasteiger partial charge on any atom is 0.260 e. The third kappa shape index (κ3) is 5.29. The van der Waals surface area contributed by atoms with Crippen molar-refractivity contribution in [3.63, 3.8) is 0 Å². The van der Waals surface area contributed by atoms with E-state index in [4.69, 9.17) is 9.47 Å². The molecule has 9 heteroatoms. The number of carbonyl (C=O) groups is 1. The van der Waals surface area contributed by atoms with Gasteiger partial charge in [0, 0.05) is 26.2 Å². The summed E-state index contributed by atoms with van der Waals surface area (Å²) in [6.45, 7) is 3.45. The summed E-state index contributed by atoms with van der Waals surface area (Å²) in [6.07, 6.45) is 0. The molecule has 0 saturated carbocycles. The van der Waals surface area contributed by atoms with Gasteiger partial charge in [-0.1, -0.05) is 12.1 Å². The fourth-order valence-corrected chi connectivity index (χ4v) is 4.82. The van der Waals surface area contributed by atoms with E-state index < -0.39 is 10.0 Å². The molecular formula is C20H23BrN2O5S. The second-order valence-electron chi connectivity index (χ2n) is 6.41. The molecule has 0 bridgehead atoms. The Balaban J connectivity index is 1.55. The second-order valence-corrected chi connectivity index (χ2v) is 9.20. The normalized spacial score (nSPS) is 15.2. The first-order valence-electron chi connectivity index (χ1n) is 9.30. The lowest BCUT2D eigenvalue weighted by atomic mass is 10.3. The van der Waals surface area contributed by atoms with Crippen molar-refractivity contribution < 1.29 is 22.7 Å². The van der Waals surface area contributed by atoms with Gasteiger partial charge in [-0.05, 0) is 59.3 Å². The van der Waals surface area contributed by atoms with Crippen LogP contribution in [0.25, 0.3) is 0 Å². The molecule has 0 atom stereocenters. The molecule has 1 fully saturated rings. The van der Waals surface area contributed by atoms with Crippen LogP contribution < -0.4 is 9.47 Å². The number of hydrogen-bond acceptors (Lipinski definition) is 5. The fraction of sp³-hybridized carbons (Fsp3) is 0.350. The zero-order valence-corrected chi connectivity index (χ0v) is 18.5. The third-order valence-corrected chi connectivity index (χ3v) is 7.12. The van der Waals surface area contributed by atoms with E-state index in [1.54, 1.807) is 35.2 Å². The smallest absolute Gasteiger partial charge is 0.260 e. The standard InChI is InChI=1S/C20H23BrN2O5S/c1-2-27-16-7-9-17(10-8-16)29(25,26)23-13-11-22(12-14-23)20(24)15-28-19-6-4-3-5-18(19)21/h3-10H,2,11-15H2,1H3. The van der Waals surface area contributed by atoms with Crippen LogP contribution >= 0.6 is 15.9 Å². The molecule has 2 aromatic carbocycles. The molecule has 1 heterocycles. The van der Waals surface area contributed by atoms with E-state index in [0.29, 0.717) is 31.2 Å². The lowest BCUT2D eigenvalue weighted by Gasteiger charge is -2.34. The number of benzene rings is 2. The van der Waals surface area contributed by atoms with E-state index in [1.165, 1.54) is 4.31 Å². The Kier molecular flexibility index (Phi) is 7.15. The van der Waals surface area contributed by atoms with Crippen molar-refractivity contribution in [1.29, 1.82) is 0 Å². The Bertz CT molecular complexity index is 942. The minimum Gasteiger partial charge on any atom is -0.494 e. The van der Waals surface area contributed by atoms with Crippen LogP contribution in [-0.4, -0.2) is 62.9 Å². The van der Waals surface area contributed by atoms with Gasteiger partial charge >= 0.3 is 0 Å². The van der Waals surface area contributed by atoms with Crippen molar-refractivity contribution in [3.8, 4) is 11.5 Å². The van der Waals surface area contributed by atoms with E-state index in [9.17, 15) is 13.2 Å². The van der Waals surface area contributed by atoms with E-state index >= 15 is 0 Å². The summed E-state index contributed by atoms with van der Waals surface area (Å²) in [4.78, 5) is 14.3. The lowest BCUT2D eigenvalue weighted by molar-refractivity contribution is -0.134. The third-order valence-electron chi connectivity index (χ3n) is 4.55. The van der Waals surface area contributed by atoms with Crippen LogP contribution in [0.3, 0.4) is 0 Å². The summed E-state index contributed by atoms with van der Waals surface area (Å²) in [5.41, 5.74) is 0. The number of para-hydroxylation sites is 1. The first kappa shape index (κ1) is 21.6. The highest BCUT2D eigenvalue weighted by Gasteiger charge is 2.30. The summed E-state index contributed by atoms with van der Waals surface area (Å²) < 4.78 is 38.8. The molecule has 2 aromatic rings. The predicted octanol–water partition coefficient (Wildman–Crippen LogP) is 2.76. The van der Waals surface area contributed by atoms with Crippen molar-refractivity contribution in [3.05, 3.63) is 53.0 Å². The molecule has 3 rings (SSSR count). The molecule has 0 aromatic heterocycles. The molecule has 156 valence electrons. The van der Waals surface area contributed by atoms with Crippen molar-refractivity contribution in [2.24, 2.45) is 0 Å². The van der Waals surface area contributed by atoms with Gasteiger partial charge in [0.2, 0.25) is 10.0 Å². The van der Waals surface area contributed by atoms with Crippen molar-refractivity contribution in [1.82, 2.24) is 9.21 Å². The molecule has 1 saturated heterocycles. The topological polar surface area (TPSA) is 76.2 Å². The number of nitrogens with zero attached hydrogens (tertiary/aromatic N) is 2. The molecule has 1 amide bonds. The van der Waals surface area contributed by atoms with Crippen LogP contribution in [0.2, 0.25) is 0 Å². The Hall–Kier alpha value is -2.10. The average molecular weight is 483 g/mol. The first-order chi connectivity index (χ1) is 13.9. The van der Waals surface area contributed by atoms with Gasteiger partial charge in [-0.2, -0.15) is 4.31 Å². The molecule has 1 aliphatic heterocycles.